The molecule has 0 radical (unpaired) electrons. The van der Waals surface area contributed by atoms with E-state index in [1.54, 1.807) is 13.8 Å². The van der Waals surface area contributed by atoms with Gasteiger partial charge in [0, 0.05) is 5.41 Å². The monoisotopic (exact) mass is 308 g/mol. The number of hydrogen-bond donors (Lipinski definition) is 2. The van der Waals surface area contributed by atoms with Crippen molar-refractivity contribution in [1.82, 2.24) is 5.06 Å². The van der Waals surface area contributed by atoms with Crippen LogP contribution >= 0.6 is 0 Å². The molecule has 3 N–H and O–H groups in total. The van der Waals surface area contributed by atoms with E-state index in [2.05, 4.69) is 0 Å². The van der Waals surface area contributed by atoms with Gasteiger partial charge in [0.15, 0.2) is 0 Å². The molecule has 1 unspecified atom stereocenters. The van der Waals surface area contributed by atoms with Crippen molar-refractivity contribution in [2.24, 2.45) is 11.1 Å². The van der Waals surface area contributed by atoms with Gasteiger partial charge in [-0.15, -0.1) is 0 Å². The lowest BCUT2D eigenvalue weighted by Gasteiger charge is -2.30. The molecule has 0 aliphatic heterocycles. The maximum absolute atomic E-state index is 12.6. The highest BCUT2D eigenvalue weighted by atomic mass is 16.7. The van der Waals surface area contributed by atoms with Gasteiger partial charge in [-0.25, -0.2) is 4.79 Å². The Balaban J connectivity index is 2.95. The Kier molecular flexibility index (Phi) is 6.52. The van der Waals surface area contributed by atoms with Crippen molar-refractivity contribution >= 4 is 11.9 Å². The maximum Gasteiger partial charge on any atom is 0.351 e. The van der Waals surface area contributed by atoms with Crippen molar-refractivity contribution in [3.8, 4) is 0 Å². The lowest BCUT2D eigenvalue weighted by atomic mass is 9.89. The largest absolute Gasteiger partial charge is 0.394 e. The van der Waals surface area contributed by atoms with E-state index < -0.39 is 24.0 Å². The summed E-state index contributed by atoms with van der Waals surface area (Å²) < 4.78 is 0. The Hall–Kier alpha value is -1.92. The molecule has 6 heteroatoms. The first-order chi connectivity index (χ1) is 10.3. The summed E-state index contributed by atoms with van der Waals surface area (Å²) in [4.78, 5) is 29.5. The average Bonchev–Trinajstić information content (AvgIpc) is 2.53. The Morgan fingerprint density at radius 1 is 1.32 bits per heavy atom. The summed E-state index contributed by atoms with van der Waals surface area (Å²) in [7, 11) is 0. The van der Waals surface area contributed by atoms with Crippen LogP contribution in [0.5, 0.6) is 0 Å². The number of carbonyl (C=O) groups excluding carboxylic acids is 2. The zero-order chi connectivity index (χ0) is 16.8. The van der Waals surface area contributed by atoms with Crippen LogP contribution in [0.3, 0.4) is 0 Å². The number of rotatable bonds is 6. The van der Waals surface area contributed by atoms with Crippen molar-refractivity contribution in [2.75, 3.05) is 6.61 Å². The third kappa shape index (κ3) is 4.82. The zero-order valence-corrected chi connectivity index (χ0v) is 13.3. The van der Waals surface area contributed by atoms with Gasteiger partial charge in [-0.2, -0.15) is 5.06 Å². The molecule has 0 spiro atoms. The van der Waals surface area contributed by atoms with Crippen LogP contribution in [-0.2, 0) is 21.0 Å². The molecule has 6 nitrogen and oxygen atoms in total. The quantitative estimate of drug-likeness (QED) is 0.771. The first kappa shape index (κ1) is 18.1. The first-order valence-electron chi connectivity index (χ1n) is 7.26. The normalized spacial score (nSPS) is 12.6. The van der Waals surface area contributed by atoms with Crippen molar-refractivity contribution < 1.29 is 19.5 Å². The van der Waals surface area contributed by atoms with E-state index >= 15 is 0 Å². The number of aliphatic hydroxyl groups is 1. The highest BCUT2D eigenvalue weighted by molar-refractivity contribution is 5.83. The van der Waals surface area contributed by atoms with Gasteiger partial charge in [0.2, 0.25) is 0 Å². The molecule has 0 fully saturated rings. The van der Waals surface area contributed by atoms with Crippen LogP contribution in [0.15, 0.2) is 30.3 Å². The van der Waals surface area contributed by atoms with E-state index in [1.165, 1.54) is 0 Å². The summed E-state index contributed by atoms with van der Waals surface area (Å²) in [5.74, 6) is -1.14. The van der Waals surface area contributed by atoms with Gasteiger partial charge in [0.1, 0.15) is 6.04 Å². The number of benzene rings is 1. The predicted molar refractivity (Wildman–Crippen MR) is 82.2 cm³/mol. The minimum Gasteiger partial charge on any atom is -0.394 e. The number of hydrogen-bond acceptors (Lipinski definition) is 5. The number of amides is 1. The number of aliphatic hydroxyl groups excluding tert-OH is 1. The molecule has 1 rings (SSSR count). The van der Waals surface area contributed by atoms with Gasteiger partial charge in [0.05, 0.1) is 13.2 Å². The van der Waals surface area contributed by atoms with Gasteiger partial charge in [0.25, 0.3) is 5.91 Å². The highest BCUT2D eigenvalue weighted by Gasteiger charge is 2.33. The SMILES string of the molecule is CCC(C)(C)C(=O)N(Cc1ccccc1)OC(=O)C(N)CO. The van der Waals surface area contributed by atoms with Gasteiger partial charge in [-0.05, 0) is 12.0 Å². The molecule has 1 aromatic carbocycles. The van der Waals surface area contributed by atoms with Crippen molar-refractivity contribution in [3.63, 3.8) is 0 Å². The van der Waals surface area contributed by atoms with Crippen molar-refractivity contribution in [3.05, 3.63) is 35.9 Å². The molecule has 1 atom stereocenters. The molecule has 0 saturated carbocycles. The second-order valence-corrected chi connectivity index (χ2v) is 5.76. The van der Waals surface area contributed by atoms with Crippen LogP contribution in [0.4, 0.5) is 0 Å². The molecule has 22 heavy (non-hydrogen) atoms. The summed E-state index contributed by atoms with van der Waals surface area (Å²) in [6.45, 7) is 5.05. The van der Waals surface area contributed by atoms with Crippen LogP contribution in [-0.4, -0.2) is 34.7 Å². The smallest absolute Gasteiger partial charge is 0.351 e. The standard InChI is InChI=1S/C16H24N2O4/c1-4-16(2,3)15(21)18(22-14(20)13(17)11-19)10-12-8-6-5-7-9-12/h5-9,13,19H,4,10-11,17H2,1-3H3. The minimum absolute atomic E-state index is 0.132. The fraction of sp³-hybridized carbons (Fsp3) is 0.500. The van der Waals surface area contributed by atoms with Crippen LogP contribution in [0, 0.1) is 5.41 Å². The average molecular weight is 308 g/mol. The van der Waals surface area contributed by atoms with Crippen molar-refractivity contribution in [1.29, 1.82) is 0 Å². The molecule has 0 aliphatic carbocycles. The summed E-state index contributed by atoms with van der Waals surface area (Å²) in [5.41, 5.74) is 5.60. The lowest BCUT2D eigenvalue weighted by Crippen LogP contribution is -2.45. The number of carbonyl (C=O) groups is 2. The summed E-state index contributed by atoms with van der Waals surface area (Å²) in [6.07, 6.45) is 0.598. The minimum atomic E-state index is -1.17. The van der Waals surface area contributed by atoms with Crippen molar-refractivity contribution in [2.45, 2.75) is 39.8 Å². The molecule has 0 saturated heterocycles. The molecule has 0 aromatic heterocycles. The van der Waals surface area contributed by atoms with Gasteiger partial charge in [-0.1, -0.05) is 51.1 Å². The Morgan fingerprint density at radius 2 is 1.91 bits per heavy atom. The molecule has 0 aliphatic rings. The molecule has 122 valence electrons. The fourth-order valence-corrected chi connectivity index (χ4v) is 1.63. The zero-order valence-electron chi connectivity index (χ0n) is 13.3. The molecule has 0 bridgehead atoms. The lowest BCUT2D eigenvalue weighted by molar-refractivity contribution is -0.208. The summed E-state index contributed by atoms with van der Waals surface area (Å²) >= 11 is 0. The number of hydroxylamine groups is 2. The van der Waals surface area contributed by atoms with E-state index in [4.69, 9.17) is 15.7 Å². The van der Waals surface area contributed by atoms with E-state index in [-0.39, 0.29) is 12.5 Å². The van der Waals surface area contributed by atoms with E-state index in [9.17, 15) is 9.59 Å². The van der Waals surface area contributed by atoms with Gasteiger partial charge >= 0.3 is 5.97 Å². The number of nitrogens with two attached hydrogens (primary N) is 1. The Bertz CT molecular complexity index is 502. The Labute approximate surface area is 130 Å². The molecule has 0 heterocycles. The molecular weight excluding hydrogens is 284 g/mol. The molecule has 1 amide bonds. The first-order valence-corrected chi connectivity index (χ1v) is 7.26. The highest BCUT2D eigenvalue weighted by Crippen LogP contribution is 2.24. The Morgan fingerprint density at radius 3 is 2.41 bits per heavy atom. The van der Waals surface area contributed by atoms with Crippen LogP contribution in [0.1, 0.15) is 32.8 Å². The topological polar surface area (TPSA) is 92.9 Å². The predicted octanol–water partition coefficient (Wildman–Crippen LogP) is 1.23. The number of nitrogens with zero attached hydrogens (tertiary/aromatic N) is 1. The molecule has 1 aromatic rings. The van der Waals surface area contributed by atoms with Crippen LogP contribution in [0.25, 0.3) is 0 Å². The van der Waals surface area contributed by atoms with Crippen LogP contribution < -0.4 is 5.73 Å². The van der Waals surface area contributed by atoms with E-state index in [0.717, 1.165) is 10.6 Å². The molecular formula is C16H24N2O4. The van der Waals surface area contributed by atoms with E-state index in [0.29, 0.717) is 6.42 Å². The summed E-state index contributed by atoms with van der Waals surface area (Å²) in [5, 5.41) is 9.95. The fourth-order valence-electron chi connectivity index (χ4n) is 1.63. The van der Waals surface area contributed by atoms with Crippen LogP contribution in [0.2, 0.25) is 0 Å². The second kappa shape index (κ2) is 7.91. The second-order valence-electron chi connectivity index (χ2n) is 5.76. The third-order valence-electron chi connectivity index (χ3n) is 3.56. The maximum atomic E-state index is 12.6. The van der Waals surface area contributed by atoms with Gasteiger partial charge < -0.3 is 15.7 Å². The third-order valence-corrected chi connectivity index (χ3v) is 3.56. The van der Waals surface area contributed by atoms with E-state index in [1.807, 2.05) is 37.3 Å². The summed E-state index contributed by atoms with van der Waals surface area (Å²) in [6, 6.07) is 8.03. The van der Waals surface area contributed by atoms with Gasteiger partial charge in [-0.3, -0.25) is 4.79 Å².